The van der Waals surface area contributed by atoms with E-state index in [9.17, 15) is 4.79 Å². The van der Waals surface area contributed by atoms with Crippen molar-refractivity contribution in [3.63, 3.8) is 0 Å². The van der Waals surface area contributed by atoms with Crippen molar-refractivity contribution >= 4 is 11.0 Å². The molecule has 0 aliphatic carbocycles. The summed E-state index contributed by atoms with van der Waals surface area (Å²) in [5, 5.41) is 0. The van der Waals surface area contributed by atoms with Crippen molar-refractivity contribution in [3.05, 3.63) is 34.7 Å². The third kappa shape index (κ3) is 3.28. The number of H-pyrrole nitrogens is 1. The maximum absolute atomic E-state index is 12.1. The Bertz CT molecular complexity index is 728. The normalized spacial score (nSPS) is 22.8. The average molecular weight is 328 g/mol. The summed E-state index contributed by atoms with van der Waals surface area (Å²) in [5.41, 5.74) is 1.99. The number of nitrogens with one attached hydrogen (secondary N) is 1. The van der Waals surface area contributed by atoms with Crippen LogP contribution in [0, 0.1) is 0 Å². The second kappa shape index (κ2) is 7.11. The smallest absolute Gasteiger partial charge is 0.306 e. The highest BCUT2D eigenvalue weighted by atomic mass is 16.1. The predicted octanol–water partition coefficient (Wildman–Crippen LogP) is 2.28. The number of imidazole rings is 1. The molecule has 3 heterocycles. The molecule has 5 nitrogen and oxygen atoms in total. The van der Waals surface area contributed by atoms with Crippen LogP contribution in [-0.2, 0) is 6.54 Å². The van der Waals surface area contributed by atoms with Crippen LogP contribution >= 0.6 is 0 Å². The first kappa shape index (κ1) is 15.9. The molecule has 4 rings (SSSR count). The third-order valence-electron chi connectivity index (χ3n) is 5.68. The lowest BCUT2D eigenvalue weighted by Crippen LogP contribution is -2.40. The quantitative estimate of drug-likeness (QED) is 0.885. The highest BCUT2D eigenvalue weighted by Gasteiger charge is 2.26. The number of aromatic nitrogens is 2. The number of likely N-dealkylation sites (tertiary alicyclic amines) is 2. The lowest BCUT2D eigenvalue weighted by Gasteiger charge is -2.28. The van der Waals surface area contributed by atoms with Gasteiger partial charge in [-0.15, -0.1) is 0 Å². The van der Waals surface area contributed by atoms with Gasteiger partial charge >= 0.3 is 5.69 Å². The van der Waals surface area contributed by atoms with Gasteiger partial charge in [-0.25, -0.2) is 4.79 Å². The minimum absolute atomic E-state index is 0.0197. The molecule has 0 unspecified atom stereocenters. The molecule has 2 aromatic rings. The molecule has 1 aromatic carbocycles. The lowest BCUT2D eigenvalue weighted by atomic mass is 10.2. The number of hydrogen-bond acceptors (Lipinski definition) is 3. The summed E-state index contributed by atoms with van der Waals surface area (Å²) in [5.74, 6) is 0. The van der Waals surface area contributed by atoms with Gasteiger partial charge in [-0.3, -0.25) is 9.47 Å². The summed E-state index contributed by atoms with van der Waals surface area (Å²) in [7, 11) is 0. The maximum Gasteiger partial charge on any atom is 0.326 e. The van der Waals surface area contributed by atoms with Crippen LogP contribution in [0.2, 0.25) is 0 Å². The standard InChI is InChI=1S/C19H28N4O/c24-19-20-17-8-1-2-9-18(17)23(19)14-6-13-22-12-5-7-16(22)15-21-10-3-4-11-21/h1-2,8-9,16H,3-7,10-15H2,(H,20,24)/t16-/m1/s1. The molecule has 24 heavy (non-hydrogen) atoms. The fraction of sp³-hybridized carbons (Fsp3) is 0.632. The molecule has 5 heteroatoms. The van der Waals surface area contributed by atoms with Gasteiger partial charge in [0.2, 0.25) is 0 Å². The van der Waals surface area contributed by atoms with Crippen LogP contribution in [0.1, 0.15) is 32.1 Å². The molecular weight excluding hydrogens is 300 g/mol. The predicted molar refractivity (Wildman–Crippen MR) is 97.4 cm³/mol. The van der Waals surface area contributed by atoms with Crippen LogP contribution in [-0.4, -0.2) is 58.1 Å². The number of nitrogens with zero attached hydrogens (tertiary/aromatic N) is 3. The Morgan fingerprint density at radius 3 is 2.75 bits per heavy atom. The van der Waals surface area contributed by atoms with Crippen LogP contribution in [0.5, 0.6) is 0 Å². The van der Waals surface area contributed by atoms with Crippen molar-refractivity contribution in [3.8, 4) is 0 Å². The largest absolute Gasteiger partial charge is 0.326 e. The highest BCUT2D eigenvalue weighted by Crippen LogP contribution is 2.20. The van der Waals surface area contributed by atoms with Gasteiger partial charge < -0.3 is 9.88 Å². The van der Waals surface area contributed by atoms with Crippen molar-refractivity contribution in [1.29, 1.82) is 0 Å². The topological polar surface area (TPSA) is 44.3 Å². The van der Waals surface area contributed by atoms with E-state index in [2.05, 4.69) is 14.8 Å². The number of rotatable bonds is 6. The number of fused-ring (bicyclic) bond motifs is 1. The second-order valence-corrected chi connectivity index (χ2v) is 7.29. The maximum atomic E-state index is 12.1. The minimum atomic E-state index is 0.0197. The van der Waals surface area contributed by atoms with Gasteiger partial charge in [0.1, 0.15) is 0 Å². The summed E-state index contributed by atoms with van der Waals surface area (Å²) < 4.78 is 1.89. The van der Waals surface area contributed by atoms with E-state index >= 15 is 0 Å². The lowest BCUT2D eigenvalue weighted by molar-refractivity contribution is 0.188. The first-order valence-corrected chi connectivity index (χ1v) is 9.45. The molecule has 1 N–H and O–H groups in total. The Morgan fingerprint density at radius 1 is 1.04 bits per heavy atom. The summed E-state index contributed by atoms with van der Waals surface area (Å²) in [4.78, 5) is 20.4. The van der Waals surface area contributed by atoms with E-state index in [0.717, 1.165) is 36.6 Å². The van der Waals surface area contributed by atoms with Crippen molar-refractivity contribution in [2.24, 2.45) is 0 Å². The molecule has 0 amide bonds. The zero-order chi connectivity index (χ0) is 16.4. The molecule has 0 saturated carbocycles. The Kier molecular flexibility index (Phi) is 4.72. The van der Waals surface area contributed by atoms with Gasteiger partial charge in [-0.05, 0) is 63.9 Å². The van der Waals surface area contributed by atoms with E-state index in [1.165, 1.54) is 51.9 Å². The first-order valence-electron chi connectivity index (χ1n) is 9.45. The molecule has 2 saturated heterocycles. The fourth-order valence-corrected chi connectivity index (χ4v) is 4.42. The monoisotopic (exact) mass is 328 g/mol. The van der Waals surface area contributed by atoms with Crippen molar-refractivity contribution < 1.29 is 0 Å². The van der Waals surface area contributed by atoms with Gasteiger partial charge in [0, 0.05) is 25.7 Å². The minimum Gasteiger partial charge on any atom is -0.306 e. The Balaban J connectivity index is 1.34. The molecule has 2 aliphatic rings. The number of aryl methyl sites for hydroxylation is 1. The van der Waals surface area contributed by atoms with E-state index in [1.807, 2.05) is 28.8 Å². The van der Waals surface area contributed by atoms with Gasteiger partial charge in [0.15, 0.2) is 0 Å². The van der Waals surface area contributed by atoms with Gasteiger partial charge in [0.05, 0.1) is 11.0 Å². The van der Waals surface area contributed by atoms with E-state index in [1.54, 1.807) is 0 Å². The summed E-state index contributed by atoms with van der Waals surface area (Å²) in [6.45, 7) is 6.94. The molecule has 0 spiro atoms. The SMILES string of the molecule is O=c1[nH]c2ccccc2n1CCCN1CCC[C@@H]1CN1CCCC1. The van der Waals surface area contributed by atoms with E-state index in [0.29, 0.717) is 0 Å². The number of hydrogen-bond donors (Lipinski definition) is 1. The van der Waals surface area contributed by atoms with Crippen LogP contribution < -0.4 is 5.69 Å². The van der Waals surface area contributed by atoms with Crippen LogP contribution in [0.3, 0.4) is 0 Å². The van der Waals surface area contributed by atoms with E-state index in [-0.39, 0.29) is 5.69 Å². The molecule has 2 aliphatic heterocycles. The summed E-state index contributed by atoms with van der Waals surface area (Å²) in [6.07, 6.45) is 6.44. The first-order chi connectivity index (χ1) is 11.8. The molecule has 1 aromatic heterocycles. The zero-order valence-corrected chi connectivity index (χ0v) is 14.4. The second-order valence-electron chi connectivity index (χ2n) is 7.29. The number of benzene rings is 1. The Hall–Kier alpha value is -1.59. The molecule has 1 atom stereocenters. The summed E-state index contributed by atoms with van der Waals surface area (Å²) >= 11 is 0. The molecule has 0 radical (unpaired) electrons. The average Bonchev–Trinajstić information content (AvgIpc) is 3.30. The highest BCUT2D eigenvalue weighted by molar-refractivity contribution is 5.74. The Labute approximate surface area is 143 Å². The zero-order valence-electron chi connectivity index (χ0n) is 14.4. The third-order valence-corrected chi connectivity index (χ3v) is 5.68. The van der Waals surface area contributed by atoms with Crippen molar-refractivity contribution in [1.82, 2.24) is 19.4 Å². The van der Waals surface area contributed by atoms with Crippen LogP contribution in [0.4, 0.5) is 0 Å². The van der Waals surface area contributed by atoms with Crippen molar-refractivity contribution in [2.75, 3.05) is 32.7 Å². The van der Waals surface area contributed by atoms with E-state index < -0.39 is 0 Å². The van der Waals surface area contributed by atoms with E-state index in [4.69, 9.17) is 0 Å². The number of aromatic amines is 1. The molecule has 2 fully saturated rings. The van der Waals surface area contributed by atoms with Crippen LogP contribution in [0.25, 0.3) is 11.0 Å². The molecular formula is C19H28N4O. The molecule has 130 valence electrons. The number of para-hydroxylation sites is 2. The summed E-state index contributed by atoms with van der Waals surface area (Å²) in [6, 6.07) is 8.69. The van der Waals surface area contributed by atoms with Gasteiger partial charge in [-0.2, -0.15) is 0 Å². The van der Waals surface area contributed by atoms with Crippen molar-refractivity contribution in [2.45, 2.75) is 44.7 Å². The van der Waals surface area contributed by atoms with Crippen LogP contribution in [0.15, 0.2) is 29.1 Å². The fourth-order valence-electron chi connectivity index (χ4n) is 4.42. The Morgan fingerprint density at radius 2 is 1.88 bits per heavy atom. The van der Waals surface area contributed by atoms with Gasteiger partial charge in [-0.1, -0.05) is 12.1 Å². The molecule has 0 bridgehead atoms. The van der Waals surface area contributed by atoms with Gasteiger partial charge in [0.25, 0.3) is 0 Å².